The van der Waals surface area contributed by atoms with Gasteiger partial charge in [0, 0.05) is 18.4 Å². The van der Waals surface area contributed by atoms with E-state index in [4.69, 9.17) is 0 Å². The Morgan fingerprint density at radius 3 is 2.53 bits per heavy atom. The van der Waals surface area contributed by atoms with Crippen molar-refractivity contribution in [3.05, 3.63) is 18.2 Å². The largest absolute Gasteiger partial charge is 0.319 e. The molecule has 0 spiro atoms. The van der Waals surface area contributed by atoms with E-state index in [-0.39, 0.29) is 0 Å². The van der Waals surface area contributed by atoms with Crippen molar-refractivity contribution >= 4 is 0 Å². The van der Waals surface area contributed by atoms with Gasteiger partial charge in [-0.15, -0.1) is 0 Å². The highest BCUT2D eigenvalue weighted by atomic mass is 19.3. The van der Waals surface area contributed by atoms with Gasteiger partial charge in [0.25, 0.3) is 0 Å². The predicted molar refractivity (Wildman–Crippen MR) is 63.9 cm³/mol. The van der Waals surface area contributed by atoms with E-state index in [0.29, 0.717) is 24.3 Å². The number of nitrogens with one attached hydrogen (secondary N) is 1. The van der Waals surface area contributed by atoms with Crippen molar-refractivity contribution in [2.75, 3.05) is 0 Å². The van der Waals surface area contributed by atoms with E-state index >= 15 is 0 Å². The number of halogens is 2. The highest BCUT2D eigenvalue weighted by Crippen LogP contribution is 2.15. The number of hydrogen-bond donors (Lipinski definition) is 1. The lowest BCUT2D eigenvalue weighted by atomic mass is 9.95. The highest BCUT2D eigenvalue weighted by molar-refractivity contribution is 4.92. The van der Waals surface area contributed by atoms with Gasteiger partial charge in [-0.25, -0.2) is 4.98 Å². The van der Waals surface area contributed by atoms with Gasteiger partial charge in [-0.1, -0.05) is 26.7 Å². The summed E-state index contributed by atoms with van der Waals surface area (Å²) in [6, 6.07) is 0.313. The molecule has 1 unspecified atom stereocenters. The lowest BCUT2D eigenvalue weighted by Crippen LogP contribution is -2.33. The lowest BCUT2D eigenvalue weighted by molar-refractivity contribution is 0.0663. The van der Waals surface area contributed by atoms with Crippen molar-refractivity contribution in [3.63, 3.8) is 0 Å². The van der Waals surface area contributed by atoms with Crippen LogP contribution in [0.1, 0.15) is 46.0 Å². The number of hydrogen-bond acceptors (Lipinski definition) is 2. The molecular weight excluding hydrogens is 224 g/mol. The molecule has 1 rings (SSSR count). The Bertz CT molecular complexity index is 321. The summed E-state index contributed by atoms with van der Waals surface area (Å²) in [5, 5.41) is 3.27. The predicted octanol–water partition coefficient (Wildman–Crippen LogP) is 3.19. The molecule has 0 bridgehead atoms. The molecule has 1 N–H and O–H groups in total. The second-order valence-electron chi connectivity index (χ2n) is 4.27. The van der Waals surface area contributed by atoms with Gasteiger partial charge < -0.3 is 5.32 Å². The normalized spacial score (nSPS) is 13.6. The Morgan fingerprint density at radius 1 is 1.35 bits per heavy atom. The summed E-state index contributed by atoms with van der Waals surface area (Å²) in [6.45, 7) is 4.25. The number of nitrogens with zero attached hydrogens (tertiary/aromatic N) is 2. The first-order valence-corrected chi connectivity index (χ1v) is 6.13. The van der Waals surface area contributed by atoms with Crippen LogP contribution in [0.5, 0.6) is 0 Å². The summed E-state index contributed by atoms with van der Waals surface area (Å²) < 4.78 is 26.0. The Hall–Kier alpha value is -0.970. The fourth-order valence-electron chi connectivity index (χ4n) is 2.07. The second-order valence-corrected chi connectivity index (χ2v) is 4.27. The van der Waals surface area contributed by atoms with Crippen molar-refractivity contribution in [1.82, 2.24) is 14.9 Å². The number of imidazole rings is 1. The maximum Gasteiger partial charge on any atom is 0.319 e. The van der Waals surface area contributed by atoms with Gasteiger partial charge in [-0.2, -0.15) is 8.78 Å². The molecule has 0 aliphatic rings. The molecule has 0 radical (unpaired) electrons. The zero-order valence-corrected chi connectivity index (χ0v) is 10.7. The van der Waals surface area contributed by atoms with Crippen molar-refractivity contribution in [2.24, 2.45) is 5.92 Å². The molecule has 17 heavy (non-hydrogen) atoms. The monoisotopic (exact) mass is 245 g/mol. The Kier molecular flexibility index (Phi) is 5.55. The highest BCUT2D eigenvalue weighted by Gasteiger charge is 2.15. The first-order valence-electron chi connectivity index (χ1n) is 6.13. The van der Waals surface area contributed by atoms with Crippen LogP contribution in [0.25, 0.3) is 0 Å². The van der Waals surface area contributed by atoms with Gasteiger partial charge in [0.05, 0.1) is 6.54 Å². The minimum atomic E-state index is -2.52. The Balaban J connectivity index is 2.52. The Morgan fingerprint density at radius 2 is 2.00 bits per heavy atom. The van der Waals surface area contributed by atoms with Crippen LogP contribution < -0.4 is 5.32 Å². The molecule has 0 amide bonds. The lowest BCUT2D eigenvalue weighted by Gasteiger charge is -2.22. The molecule has 0 fully saturated rings. The van der Waals surface area contributed by atoms with Crippen molar-refractivity contribution in [3.8, 4) is 0 Å². The molecule has 0 aliphatic carbocycles. The SMILES string of the molecule is CCC(CC)C(C)NCc1nccn1C(F)F. The molecule has 98 valence electrons. The quantitative estimate of drug-likeness (QED) is 0.799. The molecule has 0 aliphatic heterocycles. The fraction of sp³-hybridized carbons (Fsp3) is 0.750. The van der Waals surface area contributed by atoms with Gasteiger partial charge in [0.2, 0.25) is 0 Å². The molecule has 1 aromatic rings. The molecule has 5 heteroatoms. The molecule has 0 saturated heterocycles. The average Bonchev–Trinajstić information content (AvgIpc) is 2.76. The molecule has 3 nitrogen and oxygen atoms in total. The summed E-state index contributed by atoms with van der Waals surface area (Å²) >= 11 is 0. The maximum absolute atomic E-state index is 12.6. The number of rotatable bonds is 7. The van der Waals surface area contributed by atoms with E-state index in [1.165, 1.54) is 12.4 Å². The van der Waals surface area contributed by atoms with Gasteiger partial charge in [0.1, 0.15) is 5.82 Å². The summed E-state index contributed by atoms with van der Waals surface area (Å²) in [4.78, 5) is 3.94. The van der Waals surface area contributed by atoms with Crippen LogP contribution in [0.4, 0.5) is 8.78 Å². The molecular formula is C12H21F2N3. The van der Waals surface area contributed by atoms with Crippen molar-refractivity contribution in [2.45, 2.75) is 52.7 Å². The van der Waals surface area contributed by atoms with E-state index in [0.717, 1.165) is 17.4 Å². The topological polar surface area (TPSA) is 29.9 Å². The van der Waals surface area contributed by atoms with E-state index in [1.54, 1.807) is 0 Å². The zero-order valence-electron chi connectivity index (χ0n) is 10.7. The standard InChI is InChI=1S/C12H21F2N3/c1-4-10(5-2)9(3)16-8-11-15-6-7-17(11)12(13)14/h6-7,9-10,12,16H,4-5,8H2,1-3H3. The molecule has 1 atom stereocenters. The zero-order chi connectivity index (χ0) is 12.8. The summed E-state index contributed by atoms with van der Waals surface area (Å²) in [5.74, 6) is 0.961. The minimum Gasteiger partial charge on any atom is -0.307 e. The van der Waals surface area contributed by atoms with Crippen LogP contribution in [-0.2, 0) is 6.54 Å². The average molecular weight is 245 g/mol. The van der Waals surface area contributed by atoms with Crippen LogP contribution in [0.15, 0.2) is 12.4 Å². The number of alkyl halides is 2. The van der Waals surface area contributed by atoms with E-state index < -0.39 is 6.55 Å². The van der Waals surface area contributed by atoms with Gasteiger partial charge in [-0.3, -0.25) is 4.57 Å². The first kappa shape index (κ1) is 14.1. The van der Waals surface area contributed by atoms with Crippen LogP contribution >= 0.6 is 0 Å². The fourth-order valence-corrected chi connectivity index (χ4v) is 2.07. The smallest absolute Gasteiger partial charge is 0.307 e. The molecule has 1 heterocycles. The molecule has 0 aromatic carbocycles. The third kappa shape index (κ3) is 3.77. The van der Waals surface area contributed by atoms with Gasteiger partial charge in [0.15, 0.2) is 0 Å². The molecule has 0 saturated carbocycles. The van der Waals surface area contributed by atoms with Crippen LogP contribution in [0.3, 0.4) is 0 Å². The van der Waals surface area contributed by atoms with E-state index in [1.807, 2.05) is 0 Å². The van der Waals surface area contributed by atoms with Crippen molar-refractivity contribution in [1.29, 1.82) is 0 Å². The third-order valence-corrected chi connectivity index (χ3v) is 3.30. The third-order valence-electron chi connectivity index (χ3n) is 3.30. The molecule has 1 aromatic heterocycles. The van der Waals surface area contributed by atoms with Crippen LogP contribution in [0, 0.1) is 5.92 Å². The van der Waals surface area contributed by atoms with Gasteiger partial charge >= 0.3 is 6.55 Å². The summed E-state index contributed by atoms with van der Waals surface area (Å²) in [7, 11) is 0. The minimum absolute atomic E-state index is 0.313. The Labute approximate surface area is 101 Å². The first-order chi connectivity index (χ1) is 8.10. The van der Waals surface area contributed by atoms with Gasteiger partial charge in [-0.05, 0) is 12.8 Å². The summed E-state index contributed by atoms with van der Waals surface area (Å²) in [6.07, 6.45) is 4.90. The van der Waals surface area contributed by atoms with E-state index in [9.17, 15) is 8.78 Å². The number of aromatic nitrogens is 2. The van der Waals surface area contributed by atoms with E-state index in [2.05, 4.69) is 31.1 Å². The van der Waals surface area contributed by atoms with Crippen LogP contribution in [-0.4, -0.2) is 15.6 Å². The second kappa shape index (κ2) is 6.69. The maximum atomic E-state index is 12.6. The van der Waals surface area contributed by atoms with Crippen molar-refractivity contribution < 1.29 is 8.78 Å². The van der Waals surface area contributed by atoms with Crippen LogP contribution in [0.2, 0.25) is 0 Å². The summed E-state index contributed by atoms with van der Waals surface area (Å²) in [5.41, 5.74) is 0.